The second kappa shape index (κ2) is 10.2. The van der Waals surface area contributed by atoms with E-state index < -0.39 is 11.8 Å². The molecule has 0 spiro atoms. The Kier molecular flexibility index (Phi) is 7.22. The smallest absolute Gasteiger partial charge is 0.323 e. The summed E-state index contributed by atoms with van der Waals surface area (Å²) in [5.41, 5.74) is 2.78. The van der Waals surface area contributed by atoms with E-state index >= 15 is 0 Å². The van der Waals surface area contributed by atoms with Crippen LogP contribution in [-0.2, 0) is 6.42 Å². The van der Waals surface area contributed by atoms with Crippen LogP contribution in [0.2, 0.25) is 0 Å². The molecule has 0 atom stereocenters. The first kappa shape index (κ1) is 21.8. The minimum Gasteiger partial charge on any atom is -0.377 e. The van der Waals surface area contributed by atoms with Crippen LogP contribution >= 0.6 is 0 Å². The summed E-state index contributed by atoms with van der Waals surface area (Å²) in [6.45, 7) is 0.487. The van der Waals surface area contributed by atoms with Gasteiger partial charge in [-0.1, -0.05) is 42.5 Å². The highest BCUT2D eigenvalue weighted by atomic mass is 19.1. The molecule has 0 aliphatic rings. The van der Waals surface area contributed by atoms with Crippen LogP contribution in [-0.4, -0.2) is 32.6 Å². The maximum atomic E-state index is 13.7. The van der Waals surface area contributed by atoms with Crippen LogP contribution in [0.25, 0.3) is 0 Å². The van der Waals surface area contributed by atoms with Crippen LogP contribution in [0, 0.1) is 5.82 Å². The predicted octanol–water partition coefficient (Wildman–Crippen LogP) is 4.51. The van der Waals surface area contributed by atoms with Crippen LogP contribution in [0.1, 0.15) is 15.9 Å². The first-order chi connectivity index (χ1) is 14.9. The second-order valence-corrected chi connectivity index (χ2v) is 7.18. The van der Waals surface area contributed by atoms with Gasteiger partial charge in [-0.2, -0.15) is 0 Å². The van der Waals surface area contributed by atoms with Crippen molar-refractivity contribution in [3.05, 3.63) is 89.7 Å². The normalized spacial score (nSPS) is 10.3. The summed E-state index contributed by atoms with van der Waals surface area (Å²) in [7, 11) is 3.68. The summed E-state index contributed by atoms with van der Waals surface area (Å²) in [5.74, 6) is -0.767. The summed E-state index contributed by atoms with van der Waals surface area (Å²) >= 11 is 0. The standard InChI is InChI=1S/C24H25FN4O2/c1-29(2)22-13-12-18(27-24(31)28-21-11-7-6-10-20(21)25)16-19(22)23(30)26-15-14-17-8-4-3-5-9-17/h3-13,16H,14-15H2,1-2H3,(H,26,30)(H2,27,28,31). The third-order valence-electron chi connectivity index (χ3n) is 4.64. The number of anilines is 3. The van der Waals surface area contributed by atoms with Crippen molar-refractivity contribution >= 4 is 29.0 Å². The molecule has 0 bridgehead atoms. The van der Waals surface area contributed by atoms with E-state index in [1.54, 1.807) is 30.3 Å². The fourth-order valence-electron chi connectivity index (χ4n) is 3.09. The monoisotopic (exact) mass is 420 g/mol. The number of carbonyl (C=O) groups excluding carboxylic acids is 2. The fraction of sp³-hybridized carbons (Fsp3) is 0.167. The van der Waals surface area contributed by atoms with Gasteiger partial charge in [0.2, 0.25) is 0 Å². The Bertz CT molecular complexity index is 1050. The lowest BCUT2D eigenvalue weighted by Gasteiger charge is -2.19. The first-order valence-corrected chi connectivity index (χ1v) is 9.90. The van der Waals surface area contributed by atoms with Gasteiger partial charge in [0.15, 0.2) is 0 Å². The van der Waals surface area contributed by atoms with Crippen molar-refractivity contribution in [2.75, 3.05) is 36.2 Å². The van der Waals surface area contributed by atoms with E-state index in [0.717, 1.165) is 11.3 Å². The van der Waals surface area contributed by atoms with Crippen LogP contribution < -0.4 is 20.9 Å². The topological polar surface area (TPSA) is 73.5 Å². The Morgan fingerprint density at radius 2 is 1.61 bits per heavy atom. The predicted molar refractivity (Wildman–Crippen MR) is 122 cm³/mol. The number of amides is 3. The maximum absolute atomic E-state index is 13.7. The summed E-state index contributed by atoms with van der Waals surface area (Å²) in [4.78, 5) is 26.9. The number of hydrogen-bond acceptors (Lipinski definition) is 3. The molecule has 0 saturated carbocycles. The quantitative estimate of drug-likeness (QED) is 0.527. The number of benzene rings is 3. The molecule has 3 amide bonds. The van der Waals surface area contributed by atoms with Crippen molar-refractivity contribution in [3.8, 4) is 0 Å². The number of hydrogen-bond donors (Lipinski definition) is 3. The zero-order chi connectivity index (χ0) is 22.2. The molecule has 3 rings (SSSR count). The highest BCUT2D eigenvalue weighted by molar-refractivity contribution is 6.04. The lowest BCUT2D eigenvalue weighted by Crippen LogP contribution is -2.28. The van der Waals surface area contributed by atoms with E-state index in [2.05, 4.69) is 16.0 Å². The van der Waals surface area contributed by atoms with Gasteiger partial charge in [-0.3, -0.25) is 4.79 Å². The minimum absolute atomic E-state index is 0.0730. The zero-order valence-corrected chi connectivity index (χ0v) is 17.5. The number of nitrogens with one attached hydrogen (secondary N) is 3. The molecule has 3 aromatic carbocycles. The van der Waals surface area contributed by atoms with Crippen LogP contribution in [0.4, 0.5) is 26.2 Å². The largest absolute Gasteiger partial charge is 0.377 e. The van der Waals surface area contributed by atoms with Gasteiger partial charge in [0.1, 0.15) is 5.82 Å². The fourth-order valence-corrected chi connectivity index (χ4v) is 3.09. The summed E-state index contributed by atoms with van der Waals surface area (Å²) in [6.07, 6.45) is 0.715. The van der Waals surface area contributed by atoms with Crippen molar-refractivity contribution in [1.29, 1.82) is 0 Å². The van der Waals surface area contributed by atoms with Crippen molar-refractivity contribution in [2.24, 2.45) is 0 Å². The summed E-state index contributed by atoms with van der Waals surface area (Å²) in [5, 5.41) is 8.03. The molecule has 0 aliphatic carbocycles. The third-order valence-corrected chi connectivity index (χ3v) is 4.64. The molecule has 7 heteroatoms. The lowest BCUT2D eigenvalue weighted by molar-refractivity contribution is 0.0954. The molecule has 0 radical (unpaired) electrons. The van der Waals surface area contributed by atoms with Crippen molar-refractivity contribution < 1.29 is 14.0 Å². The van der Waals surface area contributed by atoms with E-state index in [0.29, 0.717) is 24.2 Å². The van der Waals surface area contributed by atoms with Gasteiger partial charge in [-0.05, 0) is 42.3 Å². The number of urea groups is 1. The molecule has 0 aromatic heterocycles. The van der Waals surface area contributed by atoms with E-state index in [1.807, 2.05) is 49.3 Å². The maximum Gasteiger partial charge on any atom is 0.323 e. The first-order valence-electron chi connectivity index (χ1n) is 9.90. The highest BCUT2D eigenvalue weighted by Crippen LogP contribution is 2.23. The Hall–Kier alpha value is -3.87. The number of rotatable bonds is 7. The lowest BCUT2D eigenvalue weighted by atomic mass is 10.1. The molecule has 31 heavy (non-hydrogen) atoms. The SMILES string of the molecule is CN(C)c1ccc(NC(=O)Nc2ccccc2F)cc1C(=O)NCCc1ccccc1. The molecular weight excluding hydrogens is 395 g/mol. The van der Waals surface area contributed by atoms with E-state index in [4.69, 9.17) is 0 Å². The number of para-hydroxylation sites is 1. The third kappa shape index (κ3) is 6.05. The Balaban J connectivity index is 1.68. The van der Waals surface area contributed by atoms with Crippen molar-refractivity contribution in [3.63, 3.8) is 0 Å². The van der Waals surface area contributed by atoms with Crippen molar-refractivity contribution in [1.82, 2.24) is 5.32 Å². The molecule has 160 valence electrons. The molecule has 0 aliphatic heterocycles. The van der Waals surface area contributed by atoms with Crippen molar-refractivity contribution in [2.45, 2.75) is 6.42 Å². The highest BCUT2D eigenvalue weighted by Gasteiger charge is 2.15. The Morgan fingerprint density at radius 1 is 0.903 bits per heavy atom. The van der Waals surface area contributed by atoms with Gasteiger partial charge < -0.3 is 20.9 Å². The molecule has 3 aromatic rings. The molecular formula is C24H25FN4O2. The summed E-state index contributed by atoms with van der Waals surface area (Å²) < 4.78 is 13.7. The minimum atomic E-state index is -0.599. The van der Waals surface area contributed by atoms with Gasteiger partial charge in [0.05, 0.1) is 11.3 Å². The zero-order valence-electron chi connectivity index (χ0n) is 17.5. The van der Waals surface area contributed by atoms with Gasteiger partial charge >= 0.3 is 6.03 Å². The molecule has 6 nitrogen and oxygen atoms in total. The molecule has 0 fully saturated rings. The summed E-state index contributed by atoms with van der Waals surface area (Å²) in [6, 6.07) is 20.2. The molecule has 0 unspecified atom stereocenters. The van der Waals surface area contributed by atoms with E-state index in [1.165, 1.54) is 12.1 Å². The van der Waals surface area contributed by atoms with Crippen LogP contribution in [0.15, 0.2) is 72.8 Å². The van der Waals surface area contributed by atoms with E-state index in [9.17, 15) is 14.0 Å². The molecule has 3 N–H and O–H groups in total. The Morgan fingerprint density at radius 3 is 2.32 bits per heavy atom. The number of halogens is 1. The van der Waals surface area contributed by atoms with Gasteiger partial charge in [-0.15, -0.1) is 0 Å². The second-order valence-electron chi connectivity index (χ2n) is 7.18. The van der Waals surface area contributed by atoms with E-state index in [-0.39, 0.29) is 11.6 Å². The molecule has 0 saturated heterocycles. The van der Waals surface area contributed by atoms with Gasteiger partial charge in [0, 0.05) is 32.0 Å². The van der Waals surface area contributed by atoms with Gasteiger partial charge in [-0.25, -0.2) is 9.18 Å². The molecule has 0 heterocycles. The van der Waals surface area contributed by atoms with Crippen LogP contribution in [0.5, 0.6) is 0 Å². The number of nitrogens with zero attached hydrogens (tertiary/aromatic N) is 1. The number of carbonyl (C=O) groups is 2. The van der Waals surface area contributed by atoms with Crippen LogP contribution in [0.3, 0.4) is 0 Å². The van der Waals surface area contributed by atoms with Gasteiger partial charge in [0.25, 0.3) is 5.91 Å². The average Bonchev–Trinajstić information content (AvgIpc) is 2.76. The average molecular weight is 420 g/mol. The Labute approximate surface area is 181 Å².